The highest BCUT2D eigenvalue weighted by Crippen LogP contribution is 2.24. The number of amides is 1. The van der Waals surface area contributed by atoms with Crippen molar-refractivity contribution in [3.8, 4) is 5.75 Å². The molecule has 0 aromatic heterocycles. The summed E-state index contributed by atoms with van der Waals surface area (Å²) in [6.45, 7) is 12.0. The number of carbonyl (C=O) groups excluding carboxylic acids is 1. The molecule has 6 heteroatoms. The minimum Gasteiger partial charge on any atom is -0.497 e. The van der Waals surface area contributed by atoms with E-state index in [9.17, 15) is 4.79 Å². The van der Waals surface area contributed by atoms with Crippen LogP contribution in [0.15, 0.2) is 42.5 Å². The Kier molecular flexibility index (Phi) is 6.66. The monoisotopic (exact) mass is 422 g/mol. The first-order valence-electron chi connectivity index (χ1n) is 11.3. The zero-order chi connectivity index (χ0) is 21.8. The number of anilines is 2. The van der Waals surface area contributed by atoms with Crippen LogP contribution in [0.1, 0.15) is 11.1 Å². The van der Waals surface area contributed by atoms with Crippen LogP contribution in [-0.2, 0) is 4.79 Å². The lowest BCUT2D eigenvalue weighted by molar-refractivity contribution is -0.132. The topological polar surface area (TPSA) is 39.3 Å². The summed E-state index contributed by atoms with van der Waals surface area (Å²) in [6.07, 6.45) is 0. The highest BCUT2D eigenvalue weighted by molar-refractivity contribution is 5.78. The van der Waals surface area contributed by atoms with Crippen LogP contribution in [0.4, 0.5) is 11.4 Å². The van der Waals surface area contributed by atoms with Gasteiger partial charge in [0.05, 0.1) is 13.7 Å². The molecule has 0 radical (unpaired) electrons. The van der Waals surface area contributed by atoms with E-state index in [4.69, 9.17) is 4.74 Å². The molecule has 0 aliphatic carbocycles. The standard InChI is InChI=1S/C25H34N4O2/c1-20-5-4-6-24(21(20)2)28-13-11-26(12-14-28)19-25(30)29-17-15-27(16-18-29)22-7-9-23(31-3)10-8-22/h4-10H,11-19H2,1-3H3. The van der Waals surface area contributed by atoms with Gasteiger partial charge in [-0.1, -0.05) is 12.1 Å². The summed E-state index contributed by atoms with van der Waals surface area (Å²) >= 11 is 0. The highest BCUT2D eigenvalue weighted by Gasteiger charge is 2.25. The number of aryl methyl sites for hydroxylation is 1. The Balaban J connectivity index is 1.24. The van der Waals surface area contributed by atoms with Crippen molar-refractivity contribution in [2.24, 2.45) is 0 Å². The van der Waals surface area contributed by atoms with Crippen molar-refractivity contribution in [1.29, 1.82) is 0 Å². The Bertz CT molecular complexity index is 883. The van der Waals surface area contributed by atoms with E-state index in [0.717, 1.165) is 58.1 Å². The van der Waals surface area contributed by atoms with E-state index >= 15 is 0 Å². The molecule has 2 saturated heterocycles. The van der Waals surface area contributed by atoms with E-state index in [1.165, 1.54) is 22.5 Å². The average molecular weight is 423 g/mol. The second kappa shape index (κ2) is 9.60. The number of nitrogens with zero attached hydrogens (tertiary/aromatic N) is 4. The quantitative estimate of drug-likeness (QED) is 0.741. The number of benzene rings is 2. The molecule has 166 valence electrons. The van der Waals surface area contributed by atoms with Crippen LogP contribution in [0.3, 0.4) is 0 Å². The molecule has 31 heavy (non-hydrogen) atoms. The van der Waals surface area contributed by atoms with Crippen molar-refractivity contribution in [3.63, 3.8) is 0 Å². The molecular weight excluding hydrogens is 388 g/mol. The van der Waals surface area contributed by atoms with E-state index in [0.29, 0.717) is 6.54 Å². The number of hydrogen-bond donors (Lipinski definition) is 0. The Morgan fingerprint density at radius 2 is 1.48 bits per heavy atom. The van der Waals surface area contributed by atoms with Gasteiger partial charge in [-0.3, -0.25) is 9.69 Å². The molecular formula is C25H34N4O2. The minimum atomic E-state index is 0.259. The van der Waals surface area contributed by atoms with Crippen LogP contribution in [-0.4, -0.2) is 81.7 Å². The summed E-state index contributed by atoms with van der Waals surface area (Å²) in [7, 11) is 1.68. The van der Waals surface area contributed by atoms with E-state index in [1.54, 1.807) is 7.11 Å². The van der Waals surface area contributed by atoms with Gasteiger partial charge in [-0.05, 0) is 55.3 Å². The molecule has 2 aliphatic rings. The third kappa shape index (κ3) is 4.96. The number of methoxy groups -OCH3 is 1. The van der Waals surface area contributed by atoms with Crippen molar-refractivity contribution in [2.45, 2.75) is 13.8 Å². The van der Waals surface area contributed by atoms with E-state index in [-0.39, 0.29) is 5.91 Å². The molecule has 2 fully saturated rings. The third-order valence-electron chi connectivity index (χ3n) is 6.72. The van der Waals surface area contributed by atoms with Crippen LogP contribution in [0.2, 0.25) is 0 Å². The number of piperazine rings is 2. The molecule has 1 amide bonds. The first-order chi connectivity index (χ1) is 15.0. The molecule has 0 N–H and O–H groups in total. The molecule has 2 heterocycles. The van der Waals surface area contributed by atoms with Gasteiger partial charge in [0, 0.05) is 63.7 Å². The molecule has 0 bridgehead atoms. The van der Waals surface area contributed by atoms with Gasteiger partial charge in [0.25, 0.3) is 0 Å². The fraction of sp³-hybridized carbons (Fsp3) is 0.480. The SMILES string of the molecule is COc1ccc(N2CCN(C(=O)CN3CCN(c4cccc(C)c4C)CC3)CC2)cc1. The summed E-state index contributed by atoms with van der Waals surface area (Å²) in [6, 6.07) is 14.7. The number of carbonyl (C=O) groups is 1. The molecule has 2 aliphatic heterocycles. The number of hydrogen-bond acceptors (Lipinski definition) is 5. The third-order valence-corrected chi connectivity index (χ3v) is 6.72. The molecule has 2 aromatic rings. The van der Waals surface area contributed by atoms with E-state index in [2.05, 4.69) is 58.9 Å². The molecule has 0 unspecified atom stereocenters. The predicted octanol–water partition coefficient (Wildman–Crippen LogP) is 2.78. The summed E-state index contributed by atoms with van der Waals surface area (Å²) in [5.41, 5.74) is 5.22. The van der Waals surface area contributed by atoms with Gasteiger partial charge < -0.3 is 19.4 Å². The van der Waals surface area contributed by atoms with E-state index in [1.807, 2.05) is 17.0 Å². The van der Waals surface area contributed by atoms with Crippen LogP contribution < -0.4 is 14.5 Å². The number of rotatable bonds is 5. The molecule has 0 spiro atoms. The molecule has 0 atom stereocenters. The summed E-state index contributed by atoms with van der Waals surface area (Å²) in [5.74, 6) is 1.13. The maximum absolute atomic E-state index is 12.9. The van der Waals surface area contributed by atoms with Crippen molar-refractivity contribution in [1.82, 2.24) is 9.80 Å². The zero-order valence-corrected chi connectivity index (χ0v) is 19.0. The van der Waals surface area contributed by atoms with Gasteiger partial charge in [-0.25, -0.2) is 0 Å². The van der Waals surface area contributed by atoms with Crippen molar-refractivity contribution < 1.29 is 9.53 Å². The second-order valence-corrected chi connectivity index (χ2v) is 8.55. The van der Waals surface area contributed by atoms with Gasteiger partial charge in [-0.15, -0.1) is 0 Å². The lowest BCUT2D eigenvalue weighted by atomic mass is 10.1. The van der Waals surface area contributed by atoms with Crippen LogP contribution >= 0.6 is 0 Å². The van der Waals surface area contributed by atoms with Gasteiger partial charge in [-0.2, -0.15) is 0 Å². The van der Waals surface area contributed by atoms with Crippen molar-refractivity contribution in [3.05, 3.63) is 53.6 Å². The molecule has 2 aromatic carbocycles. The fourth-order valence-electron chi connectivity index (χ4n) is 4.52. The van der Waals surface area contributed by atoms with Crippen LogP contribution in [0, 0.1) is 13.8 Å². The highest BCUT2D eigenvalue weighted by atomic mass is 16.5. The predicted molar refractivity (Wildman–Crippen MR) is 126 cm³/mol. The Morgan fingerprint density at radius 1 is 0.839 bits per heavy atom. The first-order valence-corrected chi connectivity index (χ1v) is 11.3. The summed E-state index contributed by atoms with van der Waals surface area (Å²) < 4.78 is 5.24. The smallest absolute Gasteiger partial charge is 0.236 e. The lowest BCUT2D eigenvalue weighted by Gasteiger charge is -2.39. The number of ether oxygens (including phenoxy) is 1. The van der Waals surface area contributed by atoms with Gasteiger partial charge >= 0.3 is 0 Å². The van der Waals surface area contributed by atoms with Crippen molar-refractivity contribution in [2.75, 3.05) is 75.8 Å². The Hall–Kier alpha value is -2.73. The lowest BCUT2D eigenvalue weighted by Crippen LogP contribution is -2.54. The van der Waals surface area contributed by atoms with Gasteiger partial charge in [0.2, 0.25) is 5.91 Å². The van der Waals surface area contributed by atoms with E-state index < -0.39 is 0 Å². The molecule has 4 rings (SSSR count). The summed E-state index contributed by atoms with van der Waals surface area (Å²) in [4.78, 5) is 22.0. The van der Waals surface area contributed by atoms with Gasteiger partial charge in [0.1, 0.15) is 5.75 Å². The average Bonchev–Trinajstić information content (AvgIpc) is 2.82. The minimum absolute atomic E-state index is 0.259. The Labute approximate surface area is 186 Å². The maximum atomic E-state index is 12.9. The molecule has 0 saturated carbocycles. The van der Waals surface area contributed by atoms with Crippen LogP contribution in [0.25, 0.3) is 0 Å². The maximum Gasteiger partial charge on any atom is 0.236 e. The normalized spacial score (nSPS) is 17.7. The van der Waals surface area contributed by atoms with Crippen molar-refractivity contribution >= 4 is 17.3 Å². The van der Waals surface area contributed by atoms with Gasteiger partial charge in [0.15, 0.2) is 0 Å². The summed E-state index contributed by atoms with van der Waals surface area (Å²) in [5, 5.41) is 0. The first kappa shape index (κ1) is 21.5. The zero-order valence-electron chi connectivity index (χ0n) is 19.0. The molecule has 6 nitrogen and oxygen atoms in total. The Morgan fingerprint density at radius 3 is 2.13 bits per heavy atom. The largest absolute Gasteiger partial charge is 0.497 e. The second-order valence-electron chi connectivity index (χ2n) is 8.55. The van der Waals surface area contributed by atoms with Crippen LogP contribution in [0.5, 0.6) is 5.75 Å². The fourth-order valence-corrected chi connectivity index (χ4v) is 4.52.